The zero-order valence-electron chi connectivity index (χ0n) is 11.2. The molecule has 0 bridgehead atoms. The van der Waals surface area contributed by atoms with Crippen molar-refractivity contribution in [3.63, 3.8) is 0 Å². The minimum absolute atomic E-state index is 0.204. The van der Waals surface area contributed by atoms with Crippen molar-refractivity contribution in [1.29, 1.82) is 0 Å². The van der Waals surface area contributed by atoms with Crippen LogP contribution < -0.4 is 5.11 Å². The minimum Gasteiger partial charge on any atom is -0.872 e. The van der Waals surface area contributed by atoms with Crippen LogP contribution in [0.15, 0.2) is 23.8 Å². The maximum atomic E-state index is 11.7. The monoisotopic (exact) mass is 291 g/mol. The molecule has 0 aromatic heterocycles. The van der Waals surface area contributed by atoms with E-state index >= 15 is 0 Å². The lowest BCUT2D eigenvalue weighted by Gasteiger charge is -2.29. The highest BCUT2D eigenvalue weighted by molar-refractivity contribution is 6.18. The average molecular weight is 291 g/mol. The number of carbonyl (C=O) groups is 3. The number of cyclic esters (lactones) is 2. The van der Waals surface area contributed by atoms with Crippen LogP contribution in [0.4, 0.5) is 0 Å². The highest BCUT2D eigenvalue weighted by atomic mass is 16.7. The molecule has 1 aromatic rings. The summed E-state index contributed by atoms with van der Waals surface area (Å²) in [6.45, 7) is 2.82. The Balaban J connectivity index is 2.40. The first-order valence-electron chi connectivity index (χ1n) is 5.92. The van der Waals surface area contributed by atoms with E-state index in [-0.39, 0.29) is 11.1 Å². The van der Waals surface area contributed by atoms with Gasteiger partial charge < -0.3 is 19.7 Å². The summed E-state index contributed by atoms with van der Waals surface area (Å²) in [4.78, 5) is 34.4. The van der Waals surface area contributed by atoms with Crippen LogP contribution in [0.2, 0.25) is 0 Å². The number of hydrogen-bond acceptors (Lipinski definition) is 6. The maximum absolute atomic E-state index is 11.7. The Hall–Kier alpha value is -2.83. The van der Waals surface area contributed by atoms with Gasteiger partial charge in [0.25, 0.3) is 5.79 Å². The van der Waals surface area contributed by atoms with E-state index in [1.54, 1.807) is 0 Å². The first kappa shape index (κ1) is 14.6. The van der Waals surface area contributed by atoms with Crippen LogP contribution in [0.3, 0.4) is 0 Å². The summed E-state index contributed by atoms with van der Waals surface area (Å²) < 4.78 is 9.80. The number of benzene rings is 1. The van der Waals surface area contributed by atoms with E-state index in [1.165, 1.54) is 19.9 Å². The van der Waals surface area contributed by atoms with Gasteiger partial charge in [-0.15, -0.1) is 0 Å². The predicted molar refractivity (Wildman–Crippen MR) is 67.1 cm³/mol. The van der Waals surface area contributed by atoms with Crippen LogP contribution in [-0.4, -0.2) is 28.8 Å². The number of carboxylic acid groups (broad SMARTS) is 1. The molecule has 0 radical (unpaired) electrons. The second-order valence-electron chi connectivity index (χ2n) is 4.80. The number of aromatic carboxylic acids is 1. The van der Waals surface area contributed by atoms with E-state index < -0.39 is 35.0 Å². The van der Waals surface area contributed by atoms with Gasteiger partial charge in [0.1, 0.15) is 5.57 Å². The van der Waals surface area contributed by atoms with E-state index in [0.717, 1.165) is 18.2 Å². The first-order valence-corrected chi connectivity index (χ1v) is 5.92. The quantitative estimate of drug-likeness (QED) is 0.484. The van der Waals surface area contributed by atoms with Gasteiger partial charge in [-0.05, 0) is 17.7 Å². The summed E-state index contributed by atoms with van der Waals surface area (Å²) in [5.74, 6) is -5.16. The molecule has 110 valence electrons. The Morgan fingerprint density at radius 1 is 1.24 bits per heavy atom. The highest BCUT2D eigenvalue weighted by Crippen LogP contribution is 2.25. The predicted octanol–water partition coefficient (Wildman–Crippen LogP) is 0.678. The molecular formula is C14H11O7-. The summed E-state index contributed by atoms with van der Waals surface area (Å²) in [6.07, 6.45) is 1.12. The zero-order chi connectivity index (χ0) is 15.8. The second-order valence-corrected chi connectivity index (χ2v) is 4.80. The molecule has 0 aliphatic carbocycles. The number of esters is 2. The van der Waals surface area contributed by atoms with Crippen molar-refractivity contribution >= 4 is 24.0 Å². The fourth-order valence-electron chi connectivity index (χ4n) is 1.75. The van der Waals surface area contributed by atoms with E-state index in [2.05, 4.69) is 0 Å². The summed E-state index contributed by atoms with van der Waals surface area (Å²) in [5, 5.41) is 20.2. The van der Waals surface area contributed by atoms with Gasteiger partial charge in [0, 0.05) is 13.8 Å². The van der Waals surface area contributed by atoms with Crippen LogP contribution in [0.1, 0.15) is 29.8 Å². The molecule has 0 saturated carbocycles. The van der Waals surface area contributed by atoms with Crippen LogP contribution >= 0.6 is 0 Å². The third-order valence-electron chi connectivity index (χ3n) is 2.66. The molecule has 7 nitrogen and oxygen atoms in total. The van der Waals surface area contributed by atoms with Crippen molar-refractivity contribution in [3.8, 4) is 5.75 Å². The van der Waals surface area contributed by atoms with Gasteiger partial charge in [-0.2, -0.15) is 0 Å². The molecule has 1 aromatic carbocycles. The SMILES string of the molecule is CC1(C)OC(=O)C(=Cc2ccc([O-])c(C(=O)O)c2)C(=O)O1. The molecule has 21 heavy (non-hydrogen) atoms. The molecule has 0 spiro atoms. The number of carbonyl (C=O) groups excluding carboxylic acids is 2. The largest absolute Gasteiger partial charge is 0.872 e. The highest BCUT2D eigenvalue weighted by Gasteiger charge is 2.38. The molecule has 0 amide bonds. The van der Waals surface area contributed by atoms with Crippen molar-refractivity contribution in [3.05, 3.63) is 34.9 Å². The minimum atomic E-state index is -1.39. The number of ether oxygens (including phenoxy) is 2. The molecule has 1 fully saturated rings. The average Bonchev–Trinajstić information content (AvgIpc) is 2.34. The number of hydrogen-bond donors (Lipinski definition) is 1. The Labute approximate surface area is 119 Å². The summed E-state index contributed by atoms with van der Waals surface area (Å²) in [7, 11) is 0. The fourth-order valence-corrected chi connectivity index (χ4v) is 1.75. The van der Waals surface area contributed by atoms with E-state index in [9.17, 15) is 19.5 Å². The van der Waals surface area contributed by atoms with E-state index in [4.69, 9.17) is 14.6 Å². The third-order valence-corrected chi connectivity index (χ3v) is 2.66. The van der Waals surface area contributed by atoms with Gasteiger partial charge in [-0.25, -0.2) is 14.4 Å². The van der Waals surface area contributed by atoms with Crippen LogP contribution in [-0.2, 0) is 19.1 Å². The maximum Gasteiger partial charge on any atom is 0.348 e. The van der Waals surface area contributed by atoms with Gasteiger partial charge in [-0.3, -0.25) is 0 Å². The lowest BCUT2D eigenvalue weighted by atomic mass is 10.1. The molecule has 7 heteroatoms. The number of rotatable bonds is 2. The van der Waals surface area contributed by atoms with Crippen molar-refractivity contribution in [2.75, 3.05) is 0 Å². The normalized spacial score (nSPS) is 17.0. The van der Waals surface area contributed by atoms with E-state index in [0.29, 0.717) is 0 Å². The molecule has 1 heterocycles. The van der Waals surface area contributed by atoms with Crippen molar-refractivity contribution in [2.24, 2.45) is 0 Å². The molecule has 1 aliphatic heterocycles. The lowest BCUT2D eigenvalue weighted by Crippen LogP contribution is -2.41. The molecular weight excluding hydrogens is 280 g/mol. The molecule has 0 atom stereocenters. The van der Waals surface area contributed by atoms with Gasteiger partial charge >= 0.3 is 17.9 Å². The summed E-state index contributed by atoms with van der Waals surface area (Å²) in [5.41, 5.74) is -0.623. The Kier molecular flexibility index (Phi) is 3.42. The number of carboxylic acids is 1. The smallest absolute Gasteiger partial charge is 0.348 e. The van der Waals surface area contributed by atoms with Crippen molar-refractivity contribution in [1.82, 2.24) is 0 Å². The van der Waals surface area contributed by atoms with Gasteiger partial charge in [-0.1, -0.05) is 17.9 Å². The standard InChI is InChI=1S/C14H12O7/c1-14(2)20-12(18)9(13(19)21-14)6-7-3-4-10(15)8(5-7)11(16)17/h3-6,15H,1-2H3,(H,16,17)/p-1. The Bertz CT molecular complexity index is 648. The lowest BCUT2D eigenvalue weighted by molar-refractivity contribution is -0.268. The first-order chi connectivity index (χ1) is 9.69. The van der Waals surface area contributed by atoms with Gasteiger partial charge in [0.05, 0.1) is 5.56 Å². The Morgan fingerprint density at radius 2 is 1.81 bits per heavy atom. The fraction of sp³-hybridized carbons (Fsp3) is 0.214. The molecule has 1 aliphatic rings. The zero-order valence-corrected chi connectivity index (χ0v) is 11.2. The van der Waals surface area contributed by atoms with Crippen LogP contribution in [0.25, 0.3) is 6.08 Å². The molecule has 1 saturated heterocycles. The third kappa shape index (κ3) is 3.02. The topological polar surface area (TPSA) is 113 Å². The molecule has 1 N–H and O–H groups in total. The van der Waals surface area contributed by atoms with E-state index in [1.807, 2.05) is 0 Å². The second kappa shape index (κ2) is 4.93. The van der Waals surface area contributed by atoms with Gasteiger partial charge in [0.15, 0.2) is 0 Å². The Morgan fingerprint density at radius 3 is 2.33 bits per heavy atom. The van der Waals surface area contributed by atoms with Crippen LogP contribution in [0.5, 0.6) is 5.75 Å². The van der Waals surface area contributed by atoms with Crippen LogP contribution in [0, 0.1) is 0 Å². The summed E-state index contributed by atoms with van der Waals surface area (Å²) >= 11 is 0. The molecule has 2 rings (SSSR count). The van der Waals surface area contributed by atoms with Gasteiger partial charge in [0.2, 0.25) is 0 Å². The summed E-state index contributed by atoms with van der Waals surface area (Å²) in [6, 6.07) is 3.40. The van der Waals surface area contributed by atoms with Crippen molar-refractivity contribution in [2.45, 2.75) is 19.6 Å². The molecule has 0 unspecified atom stereocenters. The van der Waals surface area contributed by atoms with Crippen molar-refractivity contribution < 1.29 is 34.1 Å².